The molecule has 2 aliphatic carbocycles. The van der Waals surface area contributed by atoms with E-state index in [2.05, 4.69) is 0 Å². The van der Waals surface area contributed by atoms with E-state index in [0.29, 0.717) is 44.9 Å². The Kier molecular flexibility index (Phi) is 7.69. The molecule has 1 saturated carbocycles. The van der Waals surface area contributed by atoms with Gasteiger partial charge in [0, 0.05) is 0 Å². The molecule has 6 nitrogen and oxygen atoms in total. The highest BCUT2D eigenvalue weighted by molar-refractivity contribution is 6.41. The van der Waals surface area contributed by atoms with Crippen LogP contribution in [0.2, 0.25) is 5.02 Å². The molecule has 260 valence electrons. The van der Waals surface area contributed by atoms with Crippen LogP contribution in [0.1, 0.15) is 27.8 Å². The summed E-state index contributed by atoms with van der Waals surface area (Å²) in [5, 5.41) is -0.213. The third-order valence-corrected chi connectivity index (χ3v) is 11.0. The molecular formula is C42H29ClF3NO5. The van der Waals surface area contributed by atoms with Gasteiger partial charge in [-0.1, -0.05) is 96.5 Å². The lowest BCUT2D eigenvalue weighted by molar-refractivity contribution is -0.137. The summed E-state index contributed by atoms with van der Waals surface area (Å²) in [7, 11) is 3.07. The van der Waals surface area contributed by atoms with Crippen LogP contribution in [0.25, 0.3) is 11.1 Å². The summed E-state index contributed by atoms with van der Waals surface area (Å²) in [6.07, 6.45) is -4.78. The Morgan fingerprint density at radius 3 is 1.42 bits per heavy atom. The van der Waals surface area contributed by atoms with Crippen LogP contribution in [0.3, 0.4) is 0 Å². The standard InChI is InChI=1S/C42H29ClF3NO5/c1-51-29-18-13-24(14-19-29)33-34(25-15-20-30(52-2)21-16-25)41(27-11-7-4-8-12-27)36-35(40(33,39(41)50)26-9-5-3-6-10-26)37(48)47(38(36)49)32-23-28(42(44,45)46)17-22-31(32)43/h3-23,35-36H,1-2H3/t35-,36+,40-,41+. The number of allylic oxidation sites excluding steroid dienone is 2. The molecule has 2 bridgehead atoms. The summed E-state index contributed by atoms with van der Waals surface area (Å²) in [6.45, 7) is 0. The molecule has 4 atom stereocenters. The number of nitrogens with zero attached hydrogens (tertiary/aromatic N) is 1. The van der Waals surface area contributed by atoms with E-state index in [0.717, 1.165) is 23.1 Å². The molecule has 0 spiro atoms. The molecule has 52 heavy (non-hydrogen) atoms. The third-order valence-electron chi connectivity index (χ3n) is 10.7. The first-order valence-electron chi connectivity index (χ1n) is 16.5. The average Bonchev–Trinajstić information content (AvgIpc) is 3.67. The van der Waals surface area contributed by atoms with E-state index in [4.69, 9.17) is 21.1 Å². The minimum absolute atomic E-state index is 0.213. The van der Waals surface area contributed by atoms with Gasteiger partial charge in [-0.3, -0.25) is 14.4 Å². The van der Waals surface area contributed by atoms with E-state index in [1.54, 1.807) is 84.9 Å². The maximum Gasteiger partial charge on any atom is 0.416 e. The zero-order valence-electron chi connectivity index (χ0n) is 27.8. The van der Waals surface area contributed by atoms with Crippen LogP contribution in [-0.4, -0.2) is 31.8 Å². The predicted molar refractivity (Wildman–Crippen MR) is 190 cm³/mol. The number of fused-ring (bicyclic) bond motifs is 5. The van der Waals surface area contributed by atoms with E-state index in [-0.39, 0.29) is 10.8 Å². The number of alkyl halides is 3. The number of carbonyl (C=O) groups excluding carboxylic acids is 3. The van der Waals surface area contributed by atoms with Crippen LogP contribution in [0.4, 0.5) is 18.9 Å². The van der Waals surface area contributed by atoms with E-state index in [1.807, 2.05) is 24.3 Å². The monoisotopic (exact) mass is 719 g/mol. The lowest BCUT2D eigenvalue weighted by Gasteiger charge is -2.39. The Hall–Kier alpha value is -5.67. The van der Waals surface area contributed by atoms with Gasteiger partial charge in [0.25, 0.3) is 0 Å². The lowest BCUT2D eigenvalue weighted by atomic mass is 9.59. The van der Waals surface area contributed by atoms with Crippen molar-refractivity contribution >= 4 is 46.0 Å². The van der Waals surface area contributed by atoms with Crippen LogP contribution >= 0.6 is 11.6 Å². The number of halogens is 4. The molecule has 1 saturated heterocycles. The number of benzene rings is 5. The van der Waals surface area contributed by atoms with Crippen LogP contribution in [0.5, 0.6) is 11.5 Å². The van der Waals surface area contributed by atoms with Gasteiger partial charge in [-0.2, -0.15) is 13.2 Å². The number of ketones is 1. The van der Waals surface area contributed by atoms with Crippen molar-refractivity contribution in [3.8, 4) is 11.5 Å². The van der Waals surface area contributed by atoms with Gasteiger partial charge in [-0.25, -0.2) is 4.90 Å². The fourth-order valence-electron chi connectivity index (χ4n) is 8.74. The Balaban J connectivity index is 1.52. The molecular weight excluding hydrogens is 691 g/mol. The number of rotatable bonds is 7. The van der Waals surface area contributed by atoms with Crippen LogP contribution in [0, 0.1) is 11.8 Å². The Morgan fingerprint density at radius 1 is 0.615 bits per heavy atom. The third kappa shape index (κ3) is 4.41. The van der Waals surface area contributed by atoms with Crippen molar-refractivity contribution in [1.29, 1.82) is 0 Å². The van der Waals surface area contributed by atoms with Gasteiger partial charge in [0.05, 0.1) is 53.2 Å². The molecule has 0 aromatic heterocycles. The Labute approximate surface area is 302 Å². The number of Topliss-reactive ketones (excluding diaryl/α,β-unsaturated/α-hetero) is 1. The zero-order chi connectivity index (χ0) is 36.6. The Bertz CT molecular complexity index is 2160. The van der Waals surface area contributed by atoms with E-state index >= 15 is 14.4 Å². The molecule has 0 N–H and O–H groups in total. The largest absolute Gasteiger partial charge is 0.497 e. The number of imide groups is 1. The van der Waals surface area contributed by atoms with E-state index in [9.17, 15) is 13.2 Å². The van der Waals surface area contributed by atoms with Crippen LogP contribution < -0.4 is 14.4 Å². The van der Waals surface area contributed by atoms with Crippen molar-refractivity contribution in [2.75, 3.05) is 19.1 Å². The lowest BCUT2D eigenvalue weighted by Crippen LogP contribution is -2.45. The van der Waals surface area contributed by atoms with Gasteiger partial charge in [-0.05, 0) is 75.9 Å². The highest BCUT2D eigenvalue weighted by Gasteiger charge is 2.82. The second kappa shape index (κ2) is 12.0. The van der Waals surface area contributed by atoms with Crippen molar-refractivity contribution in [2.45, 2.75) is 17.0 Å². The van der Waals surface area contributed by atoms with Gasteiger partial charge >= 0.3 is 6.18 Å². The zero-order valence-corrected chi connectivity index (χ0v) is 28.5. The van der Waals surface area contributed by atoms with Crippen molar-refractivity contribution in [1.82, 2.24) is 0 Å². The van der Waals surface area contributed by atoms with Gasteiger partial charge < -0.3 is 9.47 Å². The molecule has 10 heteroatoms. The molecule has 2 fully saturated rings. The summed E-state index contributed by atoms with van der Waals surface area (Å²) in [6, 6.07) is 34.5. The highest BCUT2D eigenvalue weighted by atomic mass is 35.5. The smallest absolute Gasteiger partial charge is 0.416 e. The Morgan fingerprint density at radius 2 is 1.04 bits per heavy atom. The first kappa shape index (κ1) is 33.5. The van der Waals surface area contributed by atoms with Gasteiger partial charge in [-0.15, -0.1) is 0 Å². The summed E-state index contributed by atoms with van der Waals surface area (Å²) in [4.78, 5) is 47.1. The second-order valence-electron chi connectivity index (χ2n) is 13.0. The number of methoxy groups -OCH3 is 2. The van der Waals surface area contributed by atoms with Crippen LogP contribution in [-0.2, 0) is 31.4 Å². The molecule has 0 unspecified atom stereocenters. The first-order valence-corrected chi connectivity index (χ1v) is 16.8. The maximum atomic E-state index is 16.0. The highest BCUT2D eigenvalue weighted by Crippen LogP contribution is 2.74. The van der Waals surface area contributed by atoms with Gasteiger partial charge in [0.2, 0.25) is 11.8 Å². The summed E-state index contributed by atoms with van der Waals surface area (Å²) in [5.74, 6) is -3.57. The maximum absolute atomic E-state index is 16.0. The van der Waals surface area contributed by atoms with Crippen LogP contribution in [0.15, 0.2) is 127 Å². The van der Waals surface area contributed by atoms with Crippen molar-refractivity contribution in [2.24, 2.45) is 11.8 Å². The topological polar surface area (TPSA) is 72.9 Å². The minimum atomic E-state index is -4.78. The molecule has 5 aromatic carbocycles. The molecule has 3 aliphatic rings. The normalized spacial score (nSPS) is 23.7. The number of ether oxygens (including phenoxy) is 2. The summed E-state index contributed by atoms with van der Waals surface area (Å²) < 4.78 is 53.1. The molecule has 1 aliphatic heterocycles. The van der Waals surface area contributed by atoms with Gasteiger partial charge in [0.1, 0.15) is 11.5 Å². The molecule has 2 amide bonds. The van der Waals surface area contributed by atoms with Crippen molar-refractivity contribution in [3.05, 3.63) is 160 Å². The molecule has 0 radical (unpaired) electrons. The first-order chi connectivity index (χ1) is 25.0. The number of hydrogen-bond acceptors (Lipinski definition) is 5. The van der Waals surface area contributed by atoms with Gasteiger partial charge in [0.15, 0.2) is 5.78 Å². The number of anilines is 1. The molecule has 1 heterocycles. The fourth-order valence-corrected chi connectivity index (χ4v) is 8.94. The van der Waals surface area contributed by atoms with Crippen molar-refractivity contribution in [3.63, 3.8) is 0 Å². The SMILES string of the molecule is COc1ccc(C2=C(c3ccc(OC)cc3)[C@@]3(c4ccccc4)C(=O)[C@]2(c2ccccc2)[C@@H]2C(=O)N(c4cc(C(F)(F)F)ccc4Cl)C(=O)[C@@H]23)cc1. The summed E-state index contributed by atoms with van der Waals surface area (Å²) in [5.41, 5.74) is -1.80. The minimum Gasteiger partial charge on any atom is -0.497 e. The molecule has 8 rings (SSSR count). The van der Waals surface area contributed by atoms with Crippen molar-refractivity contribution < 1.29 is 37.0 Å². The number of hydrogen-bond donors (Lipinski definition) is 0. The summed E-state index contributed by atoms with van der Waals surface area (Å²) >= 11 is 6.53. The molecule has 5 aromatic rings. The number of amides is 2. The predicted octanol–water partition coefficient (Wildman–Crippen LogP) is 8.56. The van der Waals surface area contributed by atoms with E-state index in [1.165, 1.54) is 14.2 Å². The number of carbonyl (C=O) groups is 3. The fraction of sp³-hybridized carbons (Fsp3) is 0.167. The van der Waals surface area contributed by atoms with E-state index < -0.39 is 51.9 Å². The average molecular weight is 720 g/mol. The quantitative estimate of drug-likeness (QED) is 0.158. The second-order valence-corrected chi connectivity index (χ2v) is 13.4.